The Labute approximate surface area is 196 Å². The number of benzene rings is 1. The largest absolute Gasteiger partial charge is 0.573 e. The SMILES string of the molecule is O=[N+]([O-])c1cn2c(n1)OC[C@@H](OCc1cnc(N(c3ccc(OC(F)(F)F)cc3)C3CC3)nc1)C2. The van der Waals surface area contributed by atoms with Crippen molar-refractivity contribution in [1.82, 2.24) is 19.5 Å². The van der Waals surface area contributed by atoms with Crippen molar-refractivity contribution in [2.45, 2.75) is 44.5 Å². The van der Waals surface area contributed by atoms with E-state index in [1.165, 1.54) is 35.0 Å². The maximum absolute atomic E-state index is 12.4. The van der Waals surface area contributed by atoms with E-state index in [0.29, 0.717) is 23.7 Å². The number of alkyl halides is 3. The lowest BCUT2D eigenvalue weighted by molar-refractivity contribution is -0.389. The Morgan fingerprint density at radius 1 is 1.20 bits per heavy atom. The number of anilines is 2. The fourth-order valence-electron chi connectivity index (χ4n) is 3.65. The summed E-state index contributed by atoms with van der Waals surface area (Å²) in [4.78, 5) is 24.8. The van der Waals surface area contributed by atoms with Gasteiger partial charge in [0, 0.05) is 34.7 Å². The van der Waals surface area contributed by atoms with Crippen LogP contribution in [-0.2, 0) is 17.9 Å². The molecule has 35 heavy (non-hydrogen) atoms. The van der Waals surface area contributed by atoms with E-state index in [4.69, 9.17) is 9.47 Å². The highest BCUT2D eigenvalue weighted by atomic mass is 19.4. The Morgan fingerprint density at radius 2 is 1.91 bits per heavy atom. The number of nitrogens with zero attached hydrogens (tertiary/aromatic N) is 6. The number of halogens is 3. The quantitative estimate of drug-likeness (QED) is 0.342. The zero-order valence-electron chi connectivity index (χ0n) is 18.1. The molecule has 0 amide bonds. The number of hydrogen-bond acceptors (Lipinski definition) is 9. The first-order chi connectivity index (χ1) is 16.7. The fraction of sp³-hybridized carbons (Fsp3) is 0.381. The molecule has 1 atom stereocenters. The molecule has 0 bridgehead atoms. The van der Waals surface area contributed by atoms with E-state index < -0.39 is 11.3 Å². The van der Waals surface area contributed by atoms with Crippen molar-refractivity contribution in [2.24, 2.45) is 0 Å². The molecule has 1 fully saturated rings. The van der Waals surface area contributed by atoms with E-state index >= 15 is 0 Å². The van der Waals surface area contributed by atoms with Gasteiger partial charge >= 0.3 is 18.2 Å². The number of imidazole rings is 1. The molecule has 0 unspecified atom stereocenters. The van der Waals surface area contributed by atoms with Crippen molar-refractivity contribution >= 4 is 17.5 Å². The second-order valence-electron chi connectivity index (χ2n) is 8.07. The number of aromatic nitrogens is 4. The summed E-state index contributed by atoms with van der Waals surface area (Å²) < 4.78 is 54.0. The van der Waals surface area contributed by atoms with Crippen LogP contribution in [0, 0.1) is 10.1 Å². The monoisotopic (exact) mass is 492 g/mol. The molecule has 1 saturated carbocycles. The van der Waals surface area contributed by atoms with Gasteiger partial charge in [-0.05, 0) is 42.0 Å². The average molecular weight is 492 g/mol. The first kappa shape index (κ1) is 22.8. The Hall–Kier alpha value is -3.94. The van der Waals surface area contributed by atoms with E-state index in [1.807, 2.05) is 4.90 Å². The van der Waals surface area contributed by atoms with Gasteiger partial charge in [0.05, 0.1) is 13.2 Å². The minimum absolute atomic E-state index is 0.166. The van der Waals surface area contributed by atoms with Crippen LogP contribution < -0.4 is 14.4 Å². The molecule has 184 valence electrons. The van der Waals surface area contributed by atoms with Gasteiger partial charge in [-0.3, -0.25) is 4.57 Å². The number of fused-ring (bicyclic) bond motifs is 1. The van der Waals surface area contributed by atoms with Gasteiger partial charge in [-0.2, -0.15) is 0 Å². The van der Waals surface area contributed by atoms with Crippen molar-refractivity contribution in [2.75, 3.05) is 11.5 Å². The Balaban J connectivity index is 1.21. The molecule has 5 rings (SSSR count). The van der Waals surface area contributed by atoms with Gasteiger partial charge in [0.15, 0.2) is 0 Å². The molecule has 1 aliphatic carbocycles. The molecule has 14 heteroatoms. The van der Waals surface area contributed by atoms with Crippen LogP contribution in [0.1, 0.15) is 18.4 Å². The van der Waals surface area contributed by atoms with Crippen LogP contribution in [0.3, 0.4) is 0 Å². The van der Waals surface area contributed by atoms with Crippen molar-refractivity contribution in [3.05, 3.63) is 58.5 Å². The minimum atomic E-state index is -4.75. The van der Waals surface area contributed by atoms with Gasteiger partial charge < -0.3 is 29.2 Å². The van der Waals surface area contributed by atoms with Gasteiger partial charge in [-0.25, -0.2) is 9.97 Å². The third kappa shape index (κ3) is 5.42. The third-order valence-corrected chi connectivity index (χ3v) is 5.37. The highest BCUT2D eigenvalue weighted by Crippen LogP contribution is 2.37. The van der Waals surface area contributed by atoms with Crippen LogP contribution >= 0.6 is 0 Å². The highest BCUT2D eigenvalue weighted by Gasteiger charge is 2.34. The number of nitro groups is 1. The van der Waals surface area contributed by atoms with Crippen LogP contribution in [-0.4, -0.2) is 49.6 Å². The first-order valence-corrected chi connectivity index (χ1v) is 10.7. The van der Waals surface area contributed by atoms with Crippen molar-refractivity contribution in [3.63, 3.8) is 0 Å². The van der Waals surface area contributed by atoms with Gasteiger partial charge in [-0.15, -0.1) is 13.2 Å². The zero-order valence-corrected chi connectivity index (χ0v) is 18.1. The predicted octanol–water partition coefficient (Wildman–Crippen LogP) is 3.76. The van der Waals surface area contributed by atoms with Crippen LogP contribution in [0.25, 0.3) is 0 Å². The summed E-state index contributed by atoms with van der Waals surface area (Å²) >= 11 is 0. The van der Waals surface area contributed by atoms with Crippen LogP contribution in [0.2, 0.25) is 0 Å². The molecule has 0 spiro atoms. The molecule has 0 radical (unpaired) electrons. The molecular formula is C21H19F3N6O5. The number of ether oxygens (including phenoxy) is 3. The summed E-state index contributed by atoms with van der Waals surface area (Å²) in [5.41, 5.74) is 1.37. The van der Waals surface area contributed by atoms with E-state index in [0.717, 1.165) is 12.8 Å². The average Bonchev–Trinajstić information content (AvgIpc) is 3.55. The summed E-state index contributed by atoms with van der Waals surface area (Å²) in [6.45, 7) is 0.766. The zero-order chi connectivity index (χ0) is 24.6. The lowest BCUT2D eigenvalue weighted by Crippen LogP contribution is -2.32. The van der Waals surface area contributed by atoms with Crippen molar-refractivity contribution in [3.8, 4) is 11.8 Å². The summed E-state index contributed by atoms with van der Waals surface area (Å²) in [6.07, 6.45) is 1.30. The standard InChI is InChI=1S/C21H19F3N6O5/c22-21(23,24)35-16-5-3-15(4-6-16)29(14-1-2-14)19-25-7-13(8-26-19)11-33-17-9-28-10-18(30(31)32)27-20(28)34-12-17/h3-8,10,14,17H,1-2,9,11-12H2/t17-/m0/s1. The second-order valence-corrected chi connectivity index (χ2v) is 8.07. The van der Waals surface area contributed by atoms with E-state index in [2.05, 4.69) is 19.7 Å². The van der Waals surface area contributed by atoms with E-state index in [-0.39, 0.29) is 42.9 Å². The normalized spacial score (nSPS) is 17.4. The fourth-order valence-corrected chi connectivity index (χ4v) is 3.65. The van der Waals surface area contributed by atoms with Crippen molar-refractivity contribution in [1.29, 1.82) is 0 Å². The van der Waals surface area contributed by atoms with Gasteiger partial charge in [0.2, 0.25) is 5.95 Å². The molecule has 1 aliphatic heterocycles. The van der Waals surface area contributed by atoms with E-state index in [9.17, 15) is 23.3 Å². The summed E-state index contributed by atoms with van der Waals surface area (Å²) in [5, 5.41) is 10.9. The lowest BCUT2D eigenvalue weighted by atomic mass is 10.2. The molecule has 0 saturated heterocycles. The summed E-state index contributed by atoms with van der Waals surface area (Å²) in [6, 6.07) is 5.94. The van der Waals surface area contributed by atoms with Crippen LogP contribution in [0.4, 0.5) is 30.6 Å². The maximum Gasteiger partial charge on any atom is 0.573 e. The highest BCUT2D eigenvalue weighted by molar-refractivity contribution is 5.60. The van der Waals surface area contributed by atoms with Gasteiger partial charge in [-0.1, -0.05) is 0 Å². The molecular weight excluding hydrogens is 473 g/mol. The first-order valence-electron chi connectivity index (χ1n) is 10.7. The summed E-state index contributed by atoms with van der Waals surface area (Å²) in [5.74, 6) is -0.154. The smallest absolute Gasteiger partial charge is 0.443 e. The molecule has 3 heterocycles. The summed E-state index contributed by atoms with van der Waals surface area (Å²) in [7, 11) is 0. The molecule has 2 aromatic heterocycles. The van der Waals surface area contributed by atoms with E-state index in [1.54, 1.807) is 12.4 Å². The molecule has 1 aromatic carbocycles. The maximum atomic E-state index is 12.4. The van der Waals surface area contributed by atoms with Crippen LogP contribution in [0.5, 0.6) is 11.8 Å². The van der Waals surface area contributed by atoms with Crippen molar-refractivity contribution < 1.29 is 32.3 Å². The molecule has 3 aromatic rings. The van der Waals surface area contributed by atoms with Crippen LogP contribution in [0.15, 0.2) is 42.9 Å². The molecule has 11 nitrogen and oxygen atoms in total. The Bertz CT molecular complexity index is 1200. The number of rotatable bonds is 8. The molecule has 2 aliphatic rings. The van der Waals surface area contributed by atoms with Gasteiger partial charge in [0.1, 0.15) is 24.7 Å². The Morgan fingerprint density at radius 3 is 2.54 bits per heavy atom. The Kier molecular flexibility index (Phi) is 5.88. The third-order valence-electron chi connectivity index (χ3n) is 5.37. The predicted molar refractivity (Wildman–Crippen MR) is 113 cm³/mol. The lowest BCUT2D eigenvalue weighted by Gasteiger charge is -2.23. The minimum Gasteiger partial charge on any atom is -0.443 e. The van der Waals surface area contributed by atoms with Gasteiger partial charge in [0.25, 0.3) is 0 Å². The number of hydrogen-bond donors (Lipinski definition) is 0. The molecule has 0 N–H and O–H groups in total. The second kappa shape index (κ2) is 9.02. The topological polar surface area (TPSA) is 118 Å².